The zero-order chi connectivity index (χ0) is 8.48. The summed E-state index contributed by atoms with van der Waals surface area (Å²) in [5, 5.41) is 4.86. The van der Waals surface area contributed by atoms with E-state index in [0.717, 1.165) is 6.42 Å². The van der Waals surface area contributed by atoms with E-state index in [9.17, 15) is 0 Å². The standard InChI is InChI=1S/C9H17NSi/c1-10-8-6-5-7-9(8)11(2,3)4/h5,7,10H,6H2,1-4H3. The molecular weight excluding hydrogens is 150 g/mol. The van der Waals surface area contributed by atoms with Crippen molar-refractivity contribution in [3.8, 4) is 0 Å². The molecule has 1 aliphatic rings. The Morgan fingerprint density at radius 2 is 2.00 bits per heavy atom. The Morgan fingerprint density at radius 3 is 2.36 bits per heavy atom. The predicted molar refractivity (Wildman–Crippen MR) is 53.2 cm³/mol. The van der Waals surface area contributed by atoms with E-state index in [0.29, 0.717) is 0 Å². The summed E-state index contributed by atoms with van der Waals surface area (Å²) in [6.45, 7) is 7.15. The lowest BCUT2D eigenvalue weighted by Crippen LogP contribution is -2.25. The van der Waals surface area contributed by atoms with Crippen molar-refractivity contribution in [1.29, 1.82) is 0 Å². The largest absolute Gasteiger partial charge is 0.391 e. The minimum Gasteiger partial charge on any atom is -0.391 e. The van der Waals surface area contributed by atoms with Gasteiger partial charge in [-0.05, 0) is 5.20 Å². The maximum absolute atomic E-state index is 3.27. The Labute approximate surface area is 70.2 Å². The number of allylic oxidation sites excluding steroid dienone is 3. The van der Waals surface area contributed by atoms with Crippen molar-refractivity contribution in [1.82, 2.24) is 5.32 Å². The third kappa shape index (κ3) is 1.74. The topological polar surface area (TPSA) is 12.0 Å². The lowest BCUT2D eigenvalue weighted by molar-refractivity contribution is 0.947. The quantitative estimate of drug-likeness (QED) is 0.622. The summed E-state index contributed by atoms with van der Waals surface area (Å²) in [6.07, 6.45) is 5.65. The molecular formula is C9H17NSi. The molecule has 0 aromatic carbocycles. The van der Waals surface area contributed by atoms with Gasteiger partial charge in [-0.2, -0.15) is 0 Å². The minimum absolute atomic E-state index is 1.08. The van der Waals surface area contributed by atoms with Gasteiger partial charge < -0.3 is 5.32 Å². The maximum Gasteiger partial charge on any atom is 0.0798 e. The first kappa shape index (κ1) is 8.59. The number of hydrogen-bond donors (Lipinski definition) is 1. The van der Waals surface area contributed by atoms with Crippen LogP contribution in [0, 0.1) is 0 Å². The molecule has 1 aliphatic carbocycles. The molecule has 0 aliphatic heterocycles. The summed E-state index contributed by atoms with van der Waals surface area (Å²) >= 11 is 0. The summed E-state index contributed by atoms with van der Waals surface area (Å²) in [5.74, 6) is 0. The van der Waals surface area contributed by atoms with E-state index in [1.165, 1.54) is 5.70 Å². The molecule has 62 valence electrons. The van der Waals surface area contributed by atoms with Gasteiger partial charge in [0.2, 0.25) is 0 Å². The van der Waals surface area contributed by atoms with Gasteiger partial charge in [-0.1, -0.05) is 31.8 Å². The summed E-state index contributed by atoms with van der Waals surface area (Å²) in [6, 6.07) is 0. The van der Waals surface area contributed by atoms with Crippen molar-refractivity contribution in [2.75, 3.05) is 7.05 Å². The first-order chi connectivity index (χ1) is 5.05. The molecule has 1 rings (SSSR count). The van der Waals surface area contributed by atoms with E-state index in [4.69, 9.17) is 0 Å². The summed E-state index contributed by atoms with van der Waals surface area (Å²) in [4.78, 5) is 0. The lowest BCUT2D eigenvalue weighted by atomic mass is 10.4. The van der Waals surface area contributed by atoms with Gasteiger partial charge in [0.1, 0.15) is 0 Å². The lowest BCUT2D eigenvalue weighted by Gasteiger charge is -2.19. The fourth-order valence-electron chi connectivity index (χ4n) is 1.44. The predicted octanol–water partition coefficient (Wildman–Crippen LogP) is 2.30. The molecule has 0 fully saturated rings. The zero-order valence-electron chi connectivity index (χ0n) is 7.86. The van der Waals surface area contributed by atoms with E-state index in [2.05, 4.69) is 37.1 Å². The van der Waals surface area contributed by atoms with Crippen LogP contribution in [0.25, 0.3) is 0 Å². The summed E-state index contributed by atoms with van der Waals surface area (Å²) < 4.78 is 0. The van der Waals surface area contributed by atoms with Crippen LogP contribution in [-0.4, -0.2) is 15.1 Å². The van der Waals surface area contributed by atoms with Gasteiger partial charge in [-0.15, -0.1) is 0 Å². The van der Waals surface area contributed by atoms with E-state index in [-0.39, 0.29) is 0 Å². The SMILES string of the molecule is CNC1=C([Si](C)(C)C)C=CC1. The van der Waals surface area contributed by atoms with Crippen LogP contribution in [0.5, 0.6) is 0 Å². The highest BCUT2D eigenvalue weighted by atomic mass is 28.3. The Morgan fingerprint density at radius 1 is 1.36 bits per heavy atom. The molecule has 0 amide bonds. The molecule has 0 saturated carbocycles. The normalized spacial score (nSPS) is 17.8. The summed E-state index contributed by atoms with van der Waals surface area (Å²) in [7, 11) is 0.938. The van der Waals surface area contributed by atoms with E-state index >= 15 is 0 Å². The van der Waals surface area contributed by atoms with Crippen LogP contribution in [0.1, 0.15) is 6.42 Å². The highest BCUT2D eigenvalue weighted by Gasteiger charge is 2.22. The first-order valence-corrected chi connectivity index (χ1v) is 7.63. The molecule has 0 bridgehead atoms. The van der Waals surface area contributed by atoms with Crippen LogP contribution >= 0.6 is 0 Å². The Balaban J connectivity index is 2.91. The van der Waals surface area contributed by atoms with Gasteiger partial charge in [0.15, 0.2) is 0 Å². The van der Waals surface area contributed by atoms with Crippen molar-refractivity contribution in [2.24, 2.45) is 0 Å². The maximum atomic E-state index is 3.27. The van der Waals surface area contributed by atoms with Crippen molar-refractivity contribution < 1.29 is 0 Å². The third-order valence-electron chi connectivity index (χ3n) is 2.04. The second-order valence-electron chi connectivity index (χ2n) is 4.00. The Kier molecular flexibility index (Phi) is 2.23. The van der Waals surface area contributed by atoms with Gasteiger partial charge in [-0.3, -0.25) is 0 Å². The molecule has 0 atom stereocenters. The molecule has 0 heterocycles. The number of nitrogens with one attached hydrogen (secondary N) is 1. The van der Waals surface area contributed by atoms with Gasteiger partial charge in [0.05, 0.1) is 8.07 Å². The zero-order valence-corrected chi connectivity index (χ0v) is 8.86. The van der Waals surface area contributed by atoms with Gasteiger partial charge in [0, 0.05) is 19.2 Å². The average molecular weight is 167 g/mol. The van der Waals surface area contributed by atoms with Crippen molar-refractivity contribution >= 4 is 8.07 Å². The van der Waals surface area contributed by atoms with E-state index in [1.807, 2.05) is 7.05 Å². The number of rotatable bonds is 2. The minimum atomic E-state index is -1.08. The highest BCUT2D eigenvalue weighted by molar-refractivity contribution is 6.83. The Bertz CT molecular complexity index is 208. The molecule has 0 aromatic heterocycles. The van der Waals surface area contributed by atoms with Crippen molar-refractivity contribution in [3.05, 3.63) is 23.0 Å². The second-order valence-corrected chi connectivity index (χ2v) is 9.04. The fraction of sp³-hybridized carbons (Fsp3) is 0.556. The van der Waals surface area contributed by atoms with E-state index < -0.39 is 8.07 Å². The molecule has 0 saturated heterocycles. The van der Waals surface area contributed by atoms with Crippen LogP contribution in [-0.2, 0) is 0 Å². The first-order valence-electron chi connectivity index (χ1n) is 4.13. The summed E-state index contributed by atoms with van der Waals surface area (Å²) in [5.41, 5.74) is 1.43. The van der Waals surface area contributed by atoms with Gasteiger partial charge in [-0.25, -0.2) is 0 Å². The molecule has 2 heteroatoms. The molecule has 11 heavy (non-hydrogen) atoms. The molecule has 1 N–H and O–H groups in total. The van der Waals surface area contributed by atoms with Crippen LogP contribution in [0.15, 0.2) is 23.0 Å². The van der Waals surface area contributed by atoms with Crippen LogP contribution in [0.4, 0.5) is 0 Å². The van der Waals surface area contributed by atoms with Crippen molar-refractivity contribution in [2.45, 2.75) is 26.1 Å². The monoisotopic (exact) mass is 167 g/mol. The van der Waals surface area contributed by atoms with Crippen LogP contribution in [0.3, 0.4) is 0 Å². The molecule has 0 spiro atoms. The molecule has 0 unspecified atom stereocenters. The van der Waals surface area contributed by atoms with Crippen molar-refractivity contribution in [3.63, 3.8) is 0 Å². The molecule has 1 nitrogen and oxygen atoms in total. The molecule has 0 radical (unpaired) electrons. The van der Waals surface area contributed by atoms with E-state index in [1.54, 1.807) is 5.20 Å². The van der Waals surface area contributed by atoms with Crippen LogP contribution < -0.4 is 5.32 Å². The third-order valence-corrected chi connectivity index (χ3v) is 4.13. The number of hydrogen-bond acceptors (Lipinski definition) is 1. The fourth-order valence-corrected chi connectivity index (χ4v) is 3.19. The second kappa shape index (κ2) is 2.86. The van der Waals surface area contributed by atoms with Gasteiger partial charge >= 0.3 is 0 Å². The Hall–Kier alpha value is -0.503. The highest BCUT2D eigenvalue weighted by Crippen LogP contribution is 2.25. The smallest absolute Gasteiger partial charge is 0.0798 e. The van der Waals surface area contributed by atoms with Crippen LogP contribution in [0.2, 0.25) is 19.6 Å². The average Bonchev–Trinajstić information content (AvgIpc) is 2.31. The molecule has 0 aromatic rings. The van der Waals surface area contributed by atoms with Gasteiger partial charge in [0.25, 0.3) is 0 Å².